The SMILES string of the molecule is CNC(=O)NC(=O)CCN1C(=O)NC(C)(c2ccc(C)cc2)C1=O. The van der Waals surface area contributed by atoms with Gasteiger partial charge in [0.2, 0.25) is 5.91 Å². The minimum Gasteiger partial charge on any atom is -0.341 e. The zero-order valence-electron chi connectivity index (χ0n) is 13.8. The Morgan fingerprint density at radius 1 is 1.21 bits per heavy atom. The molecule has 1 aliphatic heterocycles. The summed E-state index contributed by atoms with van der Waals surface area (Å²) in [5.74, 6) is -0.997. The van der Waals surface area contributed by atoms with Crippen LogP contribution in [0.15, 0.2) is 24.3 Å². The molecule has 0 aromatic heterocycles. The monoisotopic (exact) mass is 332 g/mol. The number of hydrogen-bond acceptors (Lipinski definition) is 4. The molecule has 1 fully saturated rings. The van der Waals surface area contributed by atoms with Crippen LogP contribution in [0.1, 0.15) is 24.5 Å². The van der Waals surface area contributed by atoms with E-state index < -0.39 is 29.4 Å². The molecule has 1 aliphatic rings. The smallest absolute Gasteiger partial charge is 0.325 e. The van der Waals surface area contributed by atoms with Crippen LogP contribution in [0.25, 0.3) is 0 Å². The Balaban J connectivity index is 2.07. The highest BCUT2D eigenvalue weighted by molar-refractivity contribution is 6.07. The van der Waals surface area contributed by atoms with Crippen molar-refractivity contribution in [1.82, 2.24) is 20.9 Å². The van der Waals surface area contributed by atoms with Gasteiger partial charge in [0.25, 0.3) is 5.91 Å². The Bertz CT molecular complexity index is 686. The van der Waals surface area contributed by atoms with E-state index in [-0.39, 0.29) is 13.0 Å². The first-order chi connectivity index (χ1) is 11.3. The zero-order valence-corrected chi connectivity index (χ0v) is 13.8. The van der Waals surface area contributed by atoms with Gasteiger partial charge in [-0.05, 0) is 19.4 Å². The summed E-state index contributed by atoms with van der Waals surface area (Å²) in [6.07, 6.45) is -0.156. The van der Waals surface area contributed by atoms with Crippen LogP contribution in [-0.4, -0.2) is 42.4 Å². The van der Waals surface area contributed by atoms with Crippen LogP contribution in [0.2, 0.25) is 0 Å². The average molecular weight is 332 g/mol. The number of carbonyl (C=O) groups is 4. The summed E-state index contributed by atoms with van der Waals surface area (Å²) in [6.45, 7) is 3.45. The van der Waals surface area contributed by atoms with Crippen molar-refractivity contribution < 1.29 is 19.2 Å². The van der Waals surface area contributed by atoms with Crippen molar-refractivity contribution >= 4 is 23.9 Å². The first-order valence-corrected chi connectivity index (χ1v) is 7.50. The number of carbonyl (C=O) groups excluding carboxylic acids is 4. The van der Waals surface area contributed by atoms with Crippen LogP contribution >= 0.6 is 0 Å². The highest BCUT2D eigenvalue weighted by Gasteiger charge is 2.48. The number of nitrogens with zero attached hydrogens (tertiary/aromatic N) is 1. The number of rotatable bonds is 4. The fourth-order valence-corrected chi connectivity index (χ4v) is 2.45. The maximum Gasteiger partial charge on any atom is 0.325 e. The molecule has 8 heteroatoms. The third-order valence-corrected chi connectivity index (χ3v) is 3.95. The topological polar surface area (TPSA) is 108 Å². The fraction of sp³-hybridized carbons (Fsp3) is 0.375. The van der Waals surface area contributed by atoms with Crippen LogP contribution in [0.4, 0.5) is 9.59 Å². The molecule has 1 aromatic rings. The molecule has 0 spiro atoms. The van der Waals surface area contributed by atoms with Gasteiger partial charge >= 0.3 is 12.1 Å². The quantitative estimate of drug-likeness (QED) is 0.702. The van der Waals surface area contributed by atoms with Crippen molar-refractivity contribution in [3.8, 4) is 0 Å². The molecule has 1 aromatic carbocycles. The number of urea groups is 2. The summed E-state index contributed by atoms with van der Waals surface area (Å²) >= 11 is 0. The van der Waals surface area contributed by atoms with Gasteiger partial charge in [0.05, 0.1) is 0 Å². The van der Waals surface area contributed by atoms with Crippen LogP contribution in [0.3, 0.4) is 0 Å². The van der Waals surface area contributed by atoms with E-state index in [1.54, 1.807) is 19.1 Å². The Morgan fingerprint density at radius 3 is 2.42 bits per heavy atom. The van der Waals surface area contributed by atoms with Crippen LogP contribution in [0, 0.1) is 6.92 Å². The van der Waals surface area contributed by atoms with Crippen molar-refractivity contribution in [3.63, 3.8) is 0 Å². The maximum atomic E-state index is 12.6. The molecule has 128 valence electrons. The van der Waals surface area contributed by atoms with Crippen molar-refractivity contribution in [1.29, 1.82) is 0 Å². The van der Waals surface area contributed by atoms with Gasteiger partial charge in [0.1, 0.15) is 5.54 Å². The Kier molecular flexibility index (Phi) is 4.87. The lowest BCUT2D eigenvalue weighted by atomic mass is 9.91. The van der Waals surface area contributed by atoms with Crippen molar-refractivity contribution in [2.75, 3.05) is 13.6 Å². The normalized spacial score (nSPS) is 19.9. The second-order valence-corrected chi connectivity index (χ2v) is 5.76. The van der Waals surface area contributed by atoms with Gasteiger partial charge in [0.15, 0.2) is 0 Å². The summed E-state index contributed by atoms with van der Waals surface area (Å²) in [7, 11) is 1.38. The highest BCUT2D eigenvalue weighted by atomic mass is 16.2. The Hall–Kier alpha value is -2.90. The lowest BCUT2D eigenvalue weighted by Crippen LogP contribution is -2.42. The molecule has 0 radical (unpaired) electrons. The summed E-state index contributed by atoms with van der Waals surface area (Å²) in [4.78, 5) is 48.4. The van der Waals surface area contributed by atoms with Crippen molar-refractivity contribution in [3.05, 3.63) is 35.4 Å². The van der Waals surface area contributed by atoms with Gasteiger partial charge in [-0.3, -0.25) is 19.8 Å². The first kappa shape index (κ1) is 17.5. The number of amides is 6. The van der Waals surface area contributed by atoms with Crippen LogP contribution in [-0.2, 0) is 15.1 Å². The predicted molar refractivity (Wildman–Crippen MR) is 86.0 cm³/mol. The molecule has 1 saturated heterocycles. The van der Waals surface area contributed by atoms with Gasteiger partial charge in [0, 0.05) is 20.0 Å². The number of nitrogens with one attached hydrogen (secondary N) is 3. The van der Waals surface area contributed by atoms with Gasteiger partial charge in [-0.2, -0.15) is 0 Å². The van der Waals surface area contributed by atoms with E-state index in [0.717, 1.165) is 10.5 Å². The predicted octanol–water partition coefficient (Wildman–Crippen LogP) is 0.608. The standard InChI is InChI=1S/C16H20N4O4/c1-10-4-6-11(7-5-10)16(2)13(22)20(15(24)19-16)9-8-12(21)18-14(23)17-3/h4-7H,8-9H2,1-3H3,(H,19,24)(H2,17,18,21,23). The van der Waals surface area contributed by atoms with Crippen molar-refractivity contribution in [2.45, 2.75) is 25.8 Å². The van der Waals surface area contributed by atoms with Gasteiger partial charge < -0.3 is 10.6 Å². The van der Waals surface area contributed by atoms with E-state index in [9.17, 15) is 19.2 Å². The Labute approximate surface area is 139 Å². The van der Waals surface area contributed by atoms with Gasteiger partial charge in [-0.25, -0.2) is 9.59 Å². The molecule has 1 unspecified atom stereocenters. The zero-order chi connectivity index (χ0) is 17.9. The number of hydrogen-bond donors (Lipinski definition) is 3. The van der Waals surface area contributed by atoms with E-state index in [1.165, 1.54) is 7.05 Å². The Morgan fingerprint density at radius 2 is 1.83 bits per heavy atom. The minimum absolute atomic E-state index is 0.102. The number of aryl methyl sites for hydroxylation is 1. The van der Waals surface area contributed by atoms with Gasteiger partial charge in [-0.1, -0.05) is 29.8 Å². The van der Waals surface area contributed by atoms with E-state index in [0.29, 0.717) is 5.56 Å². The summed E-state index contributed by atoms with van der Waals surface area (Å²) in [5, 5.41) is 7.00. The molecular formula is C16H20N4O4. The van der Waals surface area contributed by atoms with Crippen LogP contribution in [0.5, 0.6) is 0 Å². The van der Waals surface area contributed by atoms with E-state index in [4.69, 9.17) is 0 Å². The average Bonchev–Trinajstić information content (AvgIpc) is 2.76. The highest BCUT2D eigenvalue weighted by Crippen LogP contribution is 2.29. The number of imide groups is 2. The summed E-state index contributed by atoms with van der Waals surface area (Å²) in [6, 6.07) is 6.10. The summed E-state index contributed by atoms with van der Waals surface area (Å²) < 4.78 is 0. The van der Waals surface area contributed by atoms with E-state index in [2.05, 4.69) is 16.0 Å². The molecule has 0 aliphatic carbocycles. The van der Waals surface area contributed by atoms with E-state index in [1.807, 2.05) is 19.1 Å². The van der Waals surface area contributed by atoms with E-state index >= 15 is 0 Å². The number of benzene rings is 1. The molecule has 24 heavy (non-hydrogen) atoms. The molecule has 6 amide bonds. The van der Waals surface area contributed by atoms with Gasteiger partial charge in [-0.15, -0.1) is 0 Å². The molecule has 0 bridgehead atoms. The lowest BCUT2D eigenvalue weighted by Gasteiger charge is -2.22. The van der Waals surface area contributed by atoms with Crippen LogP contribution < -0.4 is 16.0 Å². The third kappa shape index (κ3) is 3.37. The molecule has 0 saturated carbocycles. The second kappa shape index (κ2) is 6.69. The molecule has 1 atom stereocenters. The molecular weight excluding hydrogens is 312 g/mol. The lowest BCUT2D eigenvalue weighted by molar-refractivity contribution is -0.131. The first-order valence-electron chi connectivity index (χ1n) is 7.50. The molecule has 3 N–H and O–H groups in total. The minimum atomic E-state index is -1.16. The largest absolute Gasteiger partial charge is 0.341 e. The maximum absolute atomic E-state index is 12.6. The molecule has 8 nitrogen and oxygen atoms in total. The second-order valence-electron chi connectivity index (χ2n) is 5.76. The molecule has 1 heterocycles. The van der Waals surface area contributed by atoms with Crippen molar-refractivity contribution in [2.24, 2.45) is 0 Å². The fourth-order valence-electron chi connectivity index (χ4n) is 2.45. The molecule has 2 rings (SSSR count). The summed E-state index contributed by atoms with van der Waals surface area (Å²) in [5.41, 5.74) is 0.549. The third-order valence-electron chi connectivity index (χ3n) is 3.95.